The largest absolute Gasteiger partial charge is 0.340 e. The van der Waals surface area contributed by atoms with E-state index in [4.69, 9.17) is 0 Å². The zero-order valence-electron chi connectivity index (χ0n) is 10.9. The SMILES string of the molecule is O=C(Nc1ncn[nH]1)C1CCCN(c2ncccn2)C1. The lowest BCUT2D eigenvalue weighted by molar-refractivity contribution is -0.120. The van der Waals surface area contributed by atoms with Crippen LogP contribution in [0.1, 0.15) is 12.8 Å². The van der Waals surface area contributed by atoms with Gasteiger partial charge in [-0.05, 0) is 18.9 Å². The normalized spacial score (nSPS) is 18.8. The summed E-state index contributed by atoms with van der Waals surface area (Å²) in [5, 5.41) is 9.05. The van der Waals surface area contributed by atoms with Crippen molar-refractivity contribution < 1.29 is 4.79 Å². The summed E-state index contributed by atoms with van der Waals surface area (Å²) in [5.41, 5.74) is 0. The van der Waals surface area contributed by atoms with E-state index in [9.17, 15) is 4.79 Å². The lowest BCUT2D eigenvalue weighted by Crippen LogP contribution is -2.41. The first-order valence-corrected chi connectivity index (χ1v) is 6.51. The summed E-state index contributed by atoms with van der Waals surface area (Å²) < 4.78 is 0. The molecule has 1 atom stereocenters. The number of hydrogen-bond donors (Lipinski definition) is 2. The van der Waals surface area contributed by atoms with Gasteiger partial charge in [0.15, 0.2) is 0 Å². The van der Waals surface area contributed by atoms with Crippen LogP contribution in [0.5, 0.6) is 0 Å². The highest BCUT2D eigenvalue weighted by Crippen LogP contribution is 2.20. The summed E-state index contributed by atoms with van der Waals surface area (Å²) in [5.74, 6) is 0.896. The first kappa shape index (κ1) is 12.5. The van der Waals surface area contributed by atoms with Gasteiger partial charge >= 0.3 is 0 Å². The van der Waals surface area contributed by atoms with E-state index >= 15 is 0 Å². The van der Waals surface area contributed by atoms with Gasteiger partial charge in [0.25, 0.3) is 0 Å². The number of carbonyl (C=O) groups excluding carboxylic acids is 1. The molecule has 3 heterocycles. The fourth-order valence-corrected chi connectivity index (χ4v) is 2.31. The van der Waals surface area contributed by atoms with E-state index in [0.29, 0.717) is 18.4 Å². The maximum absolute atomic E-state index is 12.2. The van der Waals surface area contributed by atoms with Crippen LogP contribution in [0.4, 0.5) is 11.9 Å². The molecule has 0 aromatic carbocycles. The molecule has 2 N–H and O–H groups in total. The molecule has 1 aliphatic rings. The number of piperidine rings is 1. The van der Waals surface area contributed by atoms with E-state index in [-0.39, 0.29) is 11.8 Å². The molecule has 3 rings (SSSR count). The summed E-state index contributed by atoms with van der Waals surface area (Å²) in [6.07, 6.45) is 6.57. The minimum atomic E-state index is -0.0994. The number of hydrogen-bond acceptors (Lipinski definition) is 6. The molecule has 0 aliphatic carbocycles. The van der Waals surface area contributed by atoms with Crippen LogP contribution in [0.2, 0.25) is 0 Å². The molecule has 2 aromatic rings. The molecular weight excluding hydrogens is 258 g/mol. The summed E-state index contributed by atoms with van der Waals surface area (Å²) in [7, 11) is 0. The molecule has 104 valence electrons. The molecule has 1 saturated heterocycles. The van der Waals surface area contributed by atoms with Gasteiger partial charge in [-0.25, -0.2) is 15.1 Å². The van der Waals surface area contributed by atoms with Crippen LogP contribution in [0.25, 0.3) is 0 Å². The Morgan fingerprint density at radius 1 is 1.35 bits per heavy atom. The molecular formula is C12H15N7O. The molecule has 1 aliphatic heterocycles. The molecule has 20 heavy (non-hydrogen) atoms. The highest BCUT2D eigenvalue weighted by Gasteiger charge is 2.27. The van der Waals surface area contributed by atoms with Crippen molar-refractivity contribution in [3.05, 3.63) is 24.8 Å². The van der Waals surface area contributed by atoms with Gasteiger partial charge in [-0.1, -0.05) is 0 Å². The molecule has 1 fully saturated rings. The van der Waals surface area contributed by atoms with E-state index in [1.165, 1.54) is 6.33 Å². The third-order valence-electron chi connectivity index (χ3n) is 3.28. The Kier molecular flexibility index (Phi) is 3.53. The van der Waals surface area contributed by atoms with Crippen molar-refractivity contribution in [1.29, 1.82) is 0 Å². The molecule has 1 amide bonds. The molecule has 0 saturated carbocycles. The molecule has 0 radical (unpaired) electrons. The van der Waals surface area contributed by atoms with Gasteiger partial charge in [0.2, 0.25) is 17.8 Å². The quantitative estimate of drug-likeness (QED) is 0.842. The van der Waals surface area contributed by atoms with E-state index in [1.54, 1.807) is 18.5 Å². The van der Waals surface area contributed by atoms with Crippen molar-refractivity contribution in [3.63, 3.8) is 0 Å². The second-order valence-electron chi connectivity index (χ2n) is 4.66. The van der Waals surface area contributed by atoms with Crippen molar-refractivity contribution in [2.24, 2.45) is 5.92 Å². The first-order chi connectivity index (χ1) is 9.83. The van der Waals surface area contributed by atoms with Gasteiger partial charge in [0.05, 0.1) is 5.92 Å². The third-order valence-corrected chi connectivity index (χ3v) is 3.28. The number of aromatic amines is 1. The predicted molar refractivity (Wildman–Crippen MR) is 72.0 cm³/mol. The minimum absolute atomic E-state index is 0.0534. The average molecular weight is 273 g/mol. The van der Waals surface area contributed by atoms with Crippen molar-refractivity contribution in [1.82, 2.24) is 25.1 Å². The van der Waals surface area contributed by atoms with Crippen LogP contribution >= 0.6 is 0 Å². The Hall–Kier alpha value is -2.51. The number of H-pyrrole nitrogens is 1. The number of rotatable bonds is 3. The van der Waals surface area contributed by atoms with Crippen molar-refractivity contribution in [2.45, 2.75) is 12.8 Å². The van der Waals surface area contributed by atoms with Gasteiger partial charge in [-0.15, -0.1) is 0 Å². The molecule has 0 bridgehead atoms. The highest BCUT2D eigenvalue weighted by atomic mass is 16.2. The van der Waals surface area contributed by atoms with Gasteiger partial charge in [0.1, 0.15) is 6.33 Å². The summed E-state index contributed by atoms with van der Waals surface area (Å²) in [6, 6.07) is 1.78. The molecule has 8 nitrogen and oxygen atoms in total. The second kappa shape index (κ2) is 5.64. The lowest BCUT2D eigenvalue weighted by atomic mass is 9.97. The number of amides is 1. The number of aromatic nitrogens is 5. The summed E-state index contributed by atoms with van der Waals surface area (Å²) >= 11 is 0. The summed E-state index contributed by atoms with van der Waals surface area (Å²) in [6.45, 7) is 1.49. The Balaban J connectivity index is 1.64. The third kappa shape index (κ3) is 2.73. The van der Waals surface area contributed by atoms with Crippen LogP contribution < -0.4 is 10.2 Å². The first-order valence-electron chi connectivity index (χ1n) is 6.51. The Morgan fingerprint density at radius 3 is 2.95 bits per heavy atom. The average Bonchev–Trinajstić information content (AvgIpc) is 3.01. The van der Waals surface area contributed by atoms with Crippen molar-refractivity contribution in [3.8, 4) is 0 Å². The van der Waals surface area contributed by atoms with Gasteiger partial charge in [0, 0.05) is 25.5 Å². The zero-order chi connectivity index (χ0) is 13.8. The van der Waals surface area contributed by atoms with Gasteiger partial charge in [-0.3, -0.25) is 10.1 Å². The number of nitrogens with zero attached hydrogens (tertiary/aromatic N) is 5. The fraction of sp³-hybridized carbons (Fsp3) is 0.417. The van der Waals surface area contributed by atoms with Crippen LogP contribution in [0, 0.1) is 5.92 Å². The van der Waals surface area contributed by atoms with E-state index in [0.717, 1.165) is 19.4 Å². The topological polar surface area (TPSA) is 99.7 Å². The van der Waals surface area contributed by atoms with Crippen LogP contribution in [-0.4, -0.2) is 44.1 Å². The maximum atomic E-state index is 12.2. The van der Waals surface area contributed by atoms with Crippen molar-refractivity contribution in [2.75, 3.05) is 23.3 Å². The highest BCUT2D eigenvalue weighted by molar-refractivity contribution is 5.91. The van der Waals surface area contributed by atoms with Crippen LogP contribution in [-0.2, 0) is 4.79 Å². The number of nitrogens with one attached hydrogen (secondary N) is 2. The number of anilines is 2. The standard InChI is InChI=1S/C12H15N7O/c20-10(17-11-15-8-16-18-11)9-3-1-6-19(7-9)12-13-4-2-5-14-12/h2,4-5,8-9H,1,3,6-7H2,(H2,15,16,17,18,20). The van der Waals surface area contributed by atoms with E-state index in [2.05, 4.69) is 30.5 Å². The van der Waals surface area contributed by atoms with Crippen molar-refractivity contribution >= 4 is 17.8 Å². The van der Waals surface area contributed by atoms with Crippen LogP contribution in [0.15, 0.2) is 24.8 Å². The number of carbonyl (C=O) groups is 1. The summed E-state index contributed by atoms with van der Waals surface area (Å²) in [4.78, 5) is 26.6. The van der Waals surface area contributed by atoms with Gasteiger partial charge in [-0.2, -0.15) is 10.1 Å². The molecule has 2 aromatic heterocycles. The molecule has 8 heteroatoms. The van der Waals surface area contributed by atoms with E-state index in [1.807, 2.05) is 4.90 Å². The second-order valence-corrected chi connectivity index (χ2v) is 4.66. The Bertz CT molecular complexity index is 556. The molecule has 1 unspecified atom stereocenters. The monoisotopic (exact) mass is 273 g/mol. The van der Waals surface area contributed by atoms with Gasteiger partial charge < -0.3 is 4.90 Å². The lowest BCUT2D eigenvalue weighted by Gasteiger charge is -2.31. The molecule has 0 spiro atoms. The maximum Gasteiger partial charge on any atom is 0.231 e. The Labute approximate surface area is 115 Å². The predicted octanol–water partition coefficient (Wildman–Crippen LogP) is 0.450. The minimum Gasteiger partial charge on any atom is -0.340 e. The van der Waals surface area contributed by atoms with Crippen LogP contribution in [0.3, 0.4) is 0 Å². The smallest absolute Gasteiger partial charge is 0.231 e. The fourth-order valence-electron chi connectivity index (χ4n) is 2.31. The zero-order valence-corrected chi connectivity index (χ0v) is 10.9. The Morgan fingerprint density at radius 2 is 2.20 bits per heavy atom. The van der Waals surface area contributed by atoms with E-state index < -0.39 is 0 Å².